The van der Waals surface area contributed by atoms with Crippen LogP contribution < -0.4 is 10.1 Å². The van der Waals surface area contributed by atoms with E-state index in [0.29, 0.717) is 14.8 Å². The number of halogens is 1. The van der Waals surface area contributed by atoms with E-state index in [1.165, 1.54) is 24.2 Å². The summed E-state index contributed by atoms with van der Waals surface area (Å²) in [6, 6.07) is 22.0. The lowest BCUT2D eigenvalue weighted by Gasteiger charge is -2.28. The average molecular weight is 720 g/mol. The van der Waals surface area contributed by atoms with Gasteiger partial charge in [-0.25, -0.2) is 0 Å². The normalized spacial score (nSPS) is 14.7. The second-order valence-corrected chi connectivity index (χ2v) is 11.5. The molecule has 10 heteroatoms. The number of hydrogen-bond donors (Lipinski definition) is 2. The van der Waals surface area contributed by atoms with Gasteiger partial charge in [0.2, 0.25) is 5.91 Å². The molecule has 0 bridgehead atoms. The fraction of sp³-hybridized carbons (Fsp3) is 0.118. The number of hydrogen-bond acceptors (Lipinski definition) is 6. The number of thioether (sulfide) groups is 1. The van der Waals surface area contributed by atoms with Crippen molar-refractivity contribution < 1.29 is 24.2 Å². The van der Waals surface area contributed by atoms with E-state index in [9.17, 15) is 19.5 Å². The molecule has 1 aliphatic heterocycles. The van der Waals surface area contributed by atoms with Crippen LogP contribution in [0.3, 0.4) is 0 Å². The van der Waals surface area contributed by atoms with Gasteiger partial charge in [0, 0.05) is 5.70 Å². The van der Waals surface area contributed by atoms with Crippen LogP contribution in [0, 0.1) is 3.57 Å². The first kappa shape index (κ1) is 32.5. The standard InChI is InChI=1S/C34H30IN3O5S/c1-4-6-17-25(5-2)38-33(42)26(18-22-19-27(35)31(40)28(20-22)43-3)32(41)37-34(38)44-21-29(39)36-30(23-13-9-7-10-14-23)24-15-11-8-12-16-24/h4-20,30,40H,1,21H2,2-3H3,(H,36,39)/b17-6-,25-5+,26-18+. The molecule has 0 spiro atoms. The minimum atomic E-state index is -0.745. The minimum Gasteiger partial charge on any atom is -0.504 e. The molecule has 1 heterocycles. The summed E-state index contributed by atoms with van der Waals surface area (Å²) in [4.78, 5) is 45.9. The highest BCUT2D eigenvalue weighted by Crippen LogP contribution is 2.34. The number of ether oxygens (including phenoxy) is 1. The van der Waals surface area contributed by atoms with Crippen molar-refractivity contribution in [2.24, 2.45) is 4.99 Å². The molecule has 44 heavy (non-hydrogen) atoms. The number of benzene rings is 3. The average Bonchev–Trinajstić information content (AvgIpc) is 3.04. The minimum absolute atomic E-state index is 0.0410. The maximum atomic E-state index is 13.9. The van der Waals surface area contributed by atoms with Crippen LogP contribution in [0.15, 0.2) is 120 Å². The van der Waals surface area contributed by atoms with Gasteiger partial charge in [0.05, 0.1) is 22.5 Å². The van der Waals surface area contributed by atoms with E-state index >= 15 is 0 Å². The van der Waals surface area contributed by atoms with Gasteiger partial charge in [0.1, 0.15) is 5.57 Å². The Bertz CT molecular complexity index is 1640. The topological polar surface area (TPSA) is 108 Å². The van der Waals surface area contributed by atoms with Crippen LogP contribution in [0.2, 0.25) is 0 Å². The molecule has 0 radical (unpaired) electrons. The lowest BCUT2D eigenvalue weighted by molar-refractivity contribution is -0.126. The molecule has 4 rings (SSSR count). The lowest BCUT2D eigenvalue weighted by atomic mass is 9.99. The van der Waals surface area contributed by atoms with Crippen LogP contribution in [0.1, 0.15) is 29.7 Å². The molecular weight excluding hydrogens is 689 g/mol. The second kappa shape index (κ2) is 15.3. The number of methoxy groups -OCH3 is 1. The van der Waals surface area contributed by atoms with E-state index in [1.54, 1.807) is 37.3 Å². The molecule has 3 aromatic rings. The maximum Gasteiger partial charge on any atom is 0.285 e. The third-order valence-electron chi connectivity index (χ3n) is 6.49. The molecule has 0 saturated heterocycles. The first-order valence-corrected chi connectivity index (χ1v) is 15.6. The summed E-state index contributed by atoms with van der Waals surface area (Å²) in [7, 11) is 1.41. The summed E-state index contributed by atoms with van der Waals surface area (Å²) >= 11 is 2.93. The highest BCUT2D eigenvalue weighted by atomic mass is 127. The van der Waals surface area contributed by atoms with Gasteiger partial charge in [0.25, 0.3) is 11.8 Å². The molecule has 0 saturated carbocycles. The Morgan fingerprint density at radius 1 is 1.11 bits per heavy atom. The van der Waals surface area contributed by atoms with Gasteiger partial charge in [-0.15, -0.1) is 0 Å². The van der Waals surface area contributed by atoms with Gasteiger partial charge < -0.3 is 15.2 Å². The number of nitrogens with zero attached hydrogens (tertiary/aromatic N) is 2. The number of aliphatic imine (C=N–C) groups is 1. The fourth-order valence-corrected chi connectivity index (χ4v) is 5.83. The first-order chi connectivity index (χ1) is 21.3. The van der Waals surface area contributed by atoms with Gasteiger partial charge in [0.15, 0.2) is 16.7 Å². The number of rotatable bonds is 10. The number of amidine groups is 1. The zero-order valence-corrected chi connectivity index (χ0v) is 27.0. The van der Waals surface area contributed by atoms with Crippen molar-refractivity contribution in [2.75, 3.05) is 12.9 Å². The Labute approximate surface area is 274 Å². The molecule has 224 valence electrons. The quantitative estimate of drug-likeness (QED) is 0.109. The molecular formula is C34H30IN3O5S. The summed E-state index contributed by atoms with van der Waals surface area (Å²) in [6.45, 7) is 5.45. The summed E-state index contributed by atoms with van der Waals surface area (Å²) in [6.07, 6.45) is 8.01. The van der Waals surface area contributed by atoms with Crippen LogP contribution >= 0.6 is 34.4 Å². The van der Waals surface area contributed by atoms with E-state index in [2.05, 4.69) is 16.9 Å². The predicted octanol–water partition coefficient (Wildman–Crippen LogP) is 6.40. The lowest BCUT2D eigenvalue weighted by Crippen LogP contribution is -2.42. The fourth-order valence-electron chi connectivity index (χ4n) is 4.39. The van der Waals surface area contributed by atoms with Crippen molar-refractivity contribution in [3.8, 4) is 11.5 Å². The Morgan fingerprint density at radius 3 is 2.32 bits per heavy atom. The van der Waals surface area contributed by atoms with Crippen molar-refractivity contribution in [1.29, 1.82) is 0 Å². The summed E-state index contributed by atoms with van der Waals surface area (Å²) in [5, 5.41) is 13.4. The Kier molecular flexibility index (Phi) is 11.3. The third-order valence-corrected chi connectivity index (χ3v) is 8.26. The van der Waals surface area contributed by atoms with Gasteiger partial charge in [-0.2, -0.15) is 4.99 Å². The Hall–Kier alpha value is -4.42. The van der Waals surface area contributed by atoms with E-state index in [-0.39, 0.29) is 39.9 Å². The van der Waals surface area contributed by atoms with E-state index in [4.69, 9.17) is 4.74 Å². The van der Waals surface area contributed by atoms with Gasteiger partial charge in [-0.05, 0) is 70.5 Å². The smallest absolute Gasteiger partial charge is 0.285 e. The first-order valence-electron chi connectivity index (χ1n) is 13.5. The SMILES string of the molecule is C=C/C=C\C(=C/C)N1C(=O)/C(=C/c2cc(I)c(O)c(OC)c2)C(=O)N=C1SCC(=O)NC(c1ccccc1)c1ccccc1. The van der Waals surface area contributed by atoms with Crippen LogP contribution in [0.25, 0.3) is 6.08 Å². The molecule has 0 unspecified atom stereocenters. The Balaban J connectivity index is 1.64. The molecule has 2 N–H and O–H groups in total. The van der Waals surface area contributed by atoms with Gasteiger partial charge >= 0.3 is 0 Å². The monoisotopic (exact) mass is 719 g/mol. The molecule has 0 aliphatic carbocycles. The summed E-state index contributed by atoms with van der Waals surface area (Å²) in [5.74, 6) is -1.59. The van der Waals surface area contributed by atoms with E-state index in [1.807, 2.05) is 83.3 Å². The van der Waals surface area contributed by atoms with Crippen molar-refractivity contribution in [3.05, 3.63) is 135 Å². The van der Waals surface area contributed by atoms with Crippen LogP contribution in [-0.4, -0.2) is 45.8 Å². The highest BCUT2D eigenvalue weighted by molar-refractivity contribution is 14.1. The maximum absolute atomic E-state index is 13.9. The molecule has 3 amide bonds. The Morgan fingerprint density at radius 2 is 1.75 bits per heavy atom. The van der Waals surface area contributed by atoms with Crippen molar-refractivity contribution in [3.63, 3.8) is 0 Å². The number of carbonyl (C=O) groups is 3. The number of amides is 3. The molecule has 1 aliphatic rings. The van der Waals surface area contributed by atoms with Gasteiger partial charge in [-0.3, -0.25) is 19.3 Å². The van der Waals surface area contributed by atoms with E-state index in [0.717, 1.165) is 22.9 Å². The van der Waals surface area contributed by atoms with Crippen LogP contribution in [0.5, 0.6) is 11.5 Å². The molecule has 0 aromatic heterocycles. The molecule has 0 atom stereocenters. The van der Waals surface area contributed by atoms with Crippen LogP contribution in [0.4, 0.5) is 0 Å². The van der Waals surface area contributed by atoms with E-state index < -0.39 is 11.8 Å². The number of carbonyl (C=O) groups excluding carboxylic acids is 3. The number of phenolic OH excluding ortho intramolecular Hbond substituents is 1. The number of nitrogens with one attached hydrogen (secondary N) is 1. The highest BCUT2D eigenvalue weighted by Gasteiger charge is 2.35. The van der Waals surface area contributed by atoms with Gasteiger partial charge in [-0.1, -0.05) is 97.2 Å². The van der Waals surface area contributed by atoms with Crippen LogP contribution in [-0.2, 0) is 14.4 Å². The third kappa shape index (κ3) is 7.74. The van der Waals surface area contributed by atoms with Crippen molar-refractivity contribution in [1.82, 2.24) is 10.2 Å². The summed E-state index contributed by atoms with van der Waals surface area (Å²) < 4.78 is 5.71. The molecule has 0 fully saturated rings. The number of allylic oxidation sites excluding steroid dienone is 4. The van der Waals surface area contributed by atoms with Crippen molar-refractivity contribution >= 4 is 63.3 Å². The number of phenols is 1. The second-order valence-electron chi connectivity index (χ2n) is 9.37. The predicted molar refractivity (Wildman–Crippen MR) is 183 cm³/mol. The summed E-state index contributed by atoms with van der Waals surface area (Å²) in [5.41, 5.74) is 2.58. The molecule has 3 aromatic carbocycles. The zero-order chi connectivity index (χ0) is 31.6. The largest absolute Gasteiger partial charge is 0.504 e. The van der Waals surface area contributed by atoms with Crippen molar-refractivity contribution in [2.45, 2.75) is 13.0 Å². The zero-order valence-electron chi connectivity index (χ0n) is 24.1. The number of aromatic hydroxyl groups is 1. The molecule has 8 nitrogen and oxygen atoms in total.